The van der Waals surface area contributed by atoms with Crippen molar-refractivity contribution in [2.24, 2.45) is 5.92 Å². The van der Waals surface area contributed by atoms with E-state index < -0.39 is 17.9 Å². The van der Waals surface area contributed by atoms with Crippen LogP contribution in [0.2, 0.25) is 0 Å². The second-order valence-electron chi connectivity index (χ2n) is 8.82. The monoisotopic (exact) mass is 581 g/mol. The van der Waals surface area contributed by atoms with Gasteiger partial charge < -0.3 is 20.1 Å². The van der Waals surface area contributed by atoms with E-state index in [2.05, 4.69) is 45.4 Å². The topological polar surface area (TPSA) is 106 Å². The summed E-state index contributed by atoms with van der Waals surface area (Å²) in [6.07, 6.45) is 4.53. The van der Waals surface area contributed by atoms with Gasteiger partial charge in [-0.2, -0.15) is 11.8 Å². The van der Waals surface area contributed by atoms with Crippen molar-refractivity contribution in [3.8, 4) is 5.75 Å². The third-order valence-electron chi connectivity index (χ3n) is 5.17. The van der Waals surface area contributed by atoms with Gasteiger partial charge >= 0.3 is 5.97 Å². The summed E-state index contributed by atoms with van der Waals surface area (Å²) in [7, 11) is 1.22. The summed E-state index contributed by atoms with van der Waals surface area (Å²) in [5, 5.41) is 5.03. The van der Waals surface area contributed by atoms with Crippen molar-refractivity contribution in [3.05, 3.63) is 59.9 Å². The first-order valence-corrected chi connectivity index (χ1v) is 14.8. The van der Waals surface area contributed by atoms with Crippen LogP contribution < -0.4 is 20.1 Å². The number of thioether (sulfide) groups is 1. The Kier molecular flexibility index (Phi) is 17.7. The summed E-state index contributed by atoms with van der Waals surface area (Å²) >= 11 is 3.07. The number of hydrogen-bond donors (Lipinski definition) is 3. The number of amides is 2. The van der Waals surface area contributed by atoms with Gasteiger partial charge in [0.2, 0.25) is 11.8 Å². The van der Waals surface area contributed by atoms with Gasteiger partial charge in [-0.15, -0.1) is 0 Å². The van der Waals surface area contributed by atoms with Crippen LogP contribution in [0.1, 0.15) is 32.3 Å². The number of carbonyl (C=O) groups excluding carboxylic acids is 3. The fourth-order valence-electron chi connectivity index (χ4n) is 2.96. The Morgan fingerprint density at radius 3 is 2.23 bits per heavy atom. The third-order valence-corrected chi connectivity index (χ3v) is 6.66. The number of nitrogens with one attached hydrogen (secondary N) is 3. The van der Waals surface area contributed by atoms with Crippen LogP contribution in [0.4, 0.5) is 4.39 Å². The molecule has 8 nitrogen and oxygen atoms in total. The average Bonchev–Trinajstić information content (AvgIpc) is 2.92. The van der Waals surface area contributed by atoms with Crippen LogP contribution in [0.15, 0.2) is 53.4 Å². The van der Waals surface area contributed by atoms with Crippen LogP contribution in [-0.2, 0) is 19.1 Å². The molecule has 1 unspecified atom stereocenters. The number of unbranched alkanes of at least 4 members (excludes halogenated alkanes) is 1. The molecule has 0 bridgehead atoms. The lowest BCUT2D eigenvalue weighted by atomic mass is 10.0. The average molecular weight is 582 g/mol. The Morgan fingerprint density at radius 2 is 1.64 bits per heavy atom. The lowest BCUT2D eigenvalue weighted by Crippen LogP contribution is -2.52. The zero-order chi connectivity index (χ0) is 29.0. The van der Waals surface area contributed by atoms with Gasteiger partial charge in [0.1, 0.15) is 24.2 Å². The molecule has 0 aromatic heterocycles. The zero-order valence-corrected chi connectivity index (χ0v) is 24.9. The quantitative estimate of drug-likeness (QED) is 0.162. The van der Waals surface area contributed by atoms with Gasteiger partial charge in [-0.1, -0.05) is 31.5 Å². The molecule has 216 valence electrons. The number of ether oxygens (including phenoxy) is 2. The van der Waals surface area contributed by atoms with Gasteiger partial charge in [0, 0.05) is 4.90 Å². The molecule has 2 aromatic carbocycles. The Bertz CT molecular complexity index is 992. The van der Waals surface area contributed by atoms with Crippen LogP contribution in [0.5, 0.6) is 5.75 Å². The molecule has 0 radical (unpaired) electrons. The van der Waals surface area contributed by atoms with Crippen molar-refractivity contribution < 1.29 is 28.2 Å². The van der Waals surface area contributed by atoms with Crippen LogP contribution in [-0.4, -0.2) is 62.6 Å². The van der Waals surface area contributed by atoms with Crippen molar-refractivity contribution in [1.29, 1.82) is 0 Å². The zero-order valence-electron chi connectivity index (χ0n) is 23.3. The Morgan fingerprint density at radius 1 is 0.974 bits per heavy atom. The first-order valence-electron chi connectivity index (χ1n) is 12.6. The van der Waals surface area contributed by atoms with E-state index in [0.29, 0.717) is 0 Å². The number of benzene rings is 2. The molecule has 0 fully saturated rings. The van der Waals surface area contributed by atoms with Crippen LogP contribution in [0.3, 0.4) is 0 Å². The number of halogens is 1. The van der Waals surface area contributed by atoms with Crippen molar-refractivity contribution in [1.82, 2.24) is 15.4 Å². The fourth-order valence-corrected chi connectivity index (χ4v) is 4.10. The third kappa shape index (κ3) is 16.1. The number of rotatable bonds is 15. The van der Waals surface area contributed by atoms with E-state index in [1.165, 1.54) is 48.9 Å². The largest absolute Gasteiger partial charge is 0.494 e. The molecule has 0 aliphatic rings. The minimum atomic E-state index is -0.769. The Labute approximate surface area is 239 Å². The second-order valence-corrected chi connectivity index (χ2v) is 10.8. The Hall–Kier alpha value is -2.76. The summed E-state index contributed by atoms with van der Waals surface area (Å²) in [4.78, 5) is 35.9. The molecule has 0 aliphatic heterocycles. The molecule has 1 atom stereocenters. The predicted octanol–water partition coefficient (Wildman–Crippen LogP) is 4.37. The van der Waals surface area contributed by atoms with Gasteiger partial charge in [-0.25, -0.2) is 4.39 Å². The van der Waals surface area contributed by atoms with Crippen molar-refractivity contribution in [3.63, 3.8) is 0 Å². The highest BCUT2D eigenvalue weighted by molar-refractivity contribution is 7.98. The van der Waals surface area contributed by atoms with E-state index in [1.807, 2.05) is 23.9 Å². The summed E-state index contributed by atoms with van der Waals surface area (Å²) < 4.78 is 25.7. The normalized spacial score (nSPS) is 11.2. The first-order chi connectivity index (χ1) is 18.7. The minimum Gasteiger partial charge on any atom is -0.494 e. The lowest BCUT2D eigenvalue weighted by Gasteiger charge is -2.21. The molecule has 2 rings (SSSR count). The van der Waals surface area contributed by atoms with Crippen LogP contribution in [0.25, 0.3) is 0 Å². The molecule has 11 heteroatoms. The van der Waals surface area contributed by atoms with Crippen molar-refractivity contribution >= 4 is 41.5 Å². The van der Waals surface area contributed by atoms with Crippen LogP contribution in [0, 0.1) is 18.7 Å². The number of methoxy groups -OCH3 is 1. The summed E-state index contributed by atoms with van der Waals surface area (Å²) in [6, 6.07) is 13.3. The smallest absolute Gasteiger partial charge is 0.325 e. The molecule has 0 saturated heterocycles. The minimum absolute atomic E-state index is 0.0322. The number of hydrogen-bond acceptors (Lipinski definition) is 8. The maximum Gasteiger partial charge on any atom is 0.325 e. The summed E-state index contributed by atoms with van der Waals surface area (Å²) in [5.41, 5.74) is 1.28. The van der Waals surface area contributed by atoms with E-state index in [-0.39, 0.29) is 30.7 Å². The van der Waals surface area contributed by atoms with Gasteiger partial charge in [0.15, 0.2) is 0 Å². The molecule has 39 heavy (non-hydrogen) atoms. The van der Waals surface area contributed by atoms with E-state index in [9.17, 15) is 18.8 Å². The van der Waals surface area contributed by atoms with Gasteiger partial charge in [-0.05, 0) is 86.0 Å². The predicted molar refractivity (Wildman–Crippen MR) is 156 cm³/mol. The molecule has 0 saturated carbocycles. The molecule has 0 aliphatic carbocycles. The second kappa shape index (κ2) is 20.2. The SMILES string of the molecule is COC(=O)CNC(=O)C(NC(=O)CNSc1ccc(F)cc1)C(C)C.CSCCCCOc1ccc(C)cc1. The van der Waals surface area contributed by atoms with E-state index in [0.717, 1.165) is 23.7 Å². The highest BCUT2D eigenvalue weighted by Gasteiger charge is 2.24. The fraction of sp³-hybridized carbons (Fsp3) is 0.464. The van der Waals surface area contributed by atoms with E-state index in [1.54, 1.807) is 26.0 Å². The molecule has 3 N–H and O–H groups in total. The first kappa shape index (κ1) is 34.3. The summed E-state index contributed by atoms with van der Waals surface area (Å²) in [5.74, 6) is 0.323. The van der Waals surface area contributed by atoms with Gasteiger partial charge in [0.25, 0.3) is 0 Å². The molecule has 2 amide bonds. The maximum atomic E-state index is 12.8. The molecule has 2 aromatic rings. The van der Waals surface area contributed by atoms with Crippen molar-refractivity contribution in [2.45, 2.75) is 44.6 Å². The van der Waals surface area contributed by atoms with Gasteiger partial charge in [-0.3, -0.25) is 19.1 Å². The van der Waals surface area contributed by atoms with Gasteiger partial charge in [0.05, 0.1) is 20.3 Å². The molecular weight excluding hydrogens is 541 g/mol. The molecular formula is C28H40FN3O5S2. The lowest BCUT2D eigenvalue weighted by molar-refractivity contribution is -0.141. The summed E-state index contributed by atoms with van der Waals surface area (Å²) in [6.45, 7) is 6.20. The number of aryl methyl sites for hydroxylation is 1. The van der Waals surface area contributed by atoms with E-state index in [4.69, 9.17) is 4.74 Å². The molecule has 0 spiro atoms. The van der Waals surface area contributed by atoms with Crippen LogP contribution >= 0.6 is 23.7 Å². The Balaban J connectivity index is 0.000000457. The number of carbonyl (C=O) groups is 3. The highest BCUT2D eigenvalue weighted by atomic mass is 32.2. The number of esters is 1. The molecule has 0 heterocycles. The standard InChI is InChI=1S/C16H22FN3O4S.C12H18OS/c1-10(2)15(16(23)18-9-14(22)24-3)20-13(21)8-19-25-12-6-4-11(17)5-7-12;1-11-5-7-12(8-6-11)13-9-3-4-10-14-2/h4-7,10,15,19H,8-9H2,1-3H3,(H,18,23)(H,20,21);5-8H,3-4,9-10H2,1-2H3. The maximum absolute atomic E-state index is 12.8. The van der Waals surface area contributed by atoms with Crippen molar-refractivity contribution in [2.75, 3.05) is 38.8 Å². The highest BCUT2D eigenvalue weighted by Crippen LogP contribution is 2.14. The van der Waals surface area contributed by atoms with E-state index >= 15 is 0 Å².